The molecule has 2 heterocycles. The van der Waals surface area contributed by atoms with Crippen molar-refractivity contribution in [3.8, 4) is 0 Å². The molecule has 0 aliphatic heterocycles. The smallest absolute Gasteiger partial charge is 0.260 e. The van der Waals surface area contributed by atoms with Gasteiger partial charge in [0.2, 0.25) is 5.91 Å². The van der Waals surface area contributed by atoms with Crippen LogP contribution in [0.15, 0.2) is 22.1 Å². The van der Waals surface area contributed by atoms with Crippen molar-refractivity contribution in [3.63, 3.8) is 0 Å². The fourth-order valence-electron chi connectivity index (χ4n) is 2.89. The van der Waals surface area contributed by atoms with Gasteiger partial charge in [-0.3, -0.25) is 9.59 Å². The van der Waals surface area contributed by atoms with Gasteiger partial charge in [0.25, 0.3) is 5.56 Å². The number of thioether (sulfide) groups is 1. The first kappa shape index (κ1) is 21.7. The first-order valence-corrected chi connectivity index (χ1v) is 11.1. The quantitative estimate of drug-likeness (QED) is 0.380. The van der Waals surface area contributed by atoms with E-state index in [2.05, 4.69) is 37.3 Å². The predicted molar refractivity (Wildman–Crippen MR) is 116 cm³/mol. The third kappa shape index (κ3) is 5.45. The van der Waals surface area contributed by atoms with Gasteiger partial charge in [-0.15, -0.1) is 11.3 Å². The average molecular weight is 408 g/mol. The summed E-state index contributed by atoms with van der Waals surface area (Å²) in [5.74, 6) is 0.800. The molecule has 7 heteroatoms. The monoisotopic (exact) mass is 407 g/mol. The molecule has 0 radical (unpaired) electrons. The molecule has 0 unspecified atom stereocenters. The molecule has 5 nitrogen and oxygen atoms in total. The number of aromatic amines is 1. The molecule has 0 aromatic carbocycles. The van der Waals surface area contributed by atoms with Crippen LogP contribution in [0.1, 0.15) is 44.6 Å². The van der Waals surface area contributed by atoms with Gasteiger partial charge in [-0.1, -0.05) is 44.2 Å². The van der Waals surface area contributed by atoms with E-state index in [0.717, 1.165) is 33.7 Å². The highest BCUT2D eigenvalue weighted by atomic mass is 32.2. The highest BCUT2D eigenvalue weighted by molar-refractivity contribution is 7.99. The molecule has 148 valence electrons. The van der Waals surface area contributed by atoms with Gasteiger partial charge in [-0.2, -0.15) is 0 Å². The van der Waals surface area contributed by atoms with E-state index in [9.17, 15) is 9.59 Å². The summed E-state index contributed by atoms with van der Waals surface area (Å²) in [5.41, 5.74) is 1.96. The lowest BCUT2D eigenvalue weighted by molar-refractivity contribution is -0.127. The number of rotatable bonds is 9. The molecule has 1 N–H and O–H groups in total. The van der Waals surface area contributed by atoms with Crippen molar-refractivity contribution in [3.05, 3.63) is 32.9 Å². The molecular formula is C20H29N3O2S2. The van der Waals surface area contributed by atoms with Gasteiger partial charge < -0.3 is 9.88 Å². The van der Waals surface area contributed by atoms with E-state index in [1.54, 1.807) is 16.2 Å². The fraction of sp³-hybridized carbons (Fsp3) is 0.550. The zero-order valence-electron chi connectivity index (χ0n) is 16.8. The van der Waals surface area contributed by atoms with Gasteiger partial charge in [0.15, 0.2) is 5.16 Å². The Morgan fingerprint density at radius 1 is 1.41 bits per heavy atom. The summed E-state index contributed by atoms with van der Waals surface area (Å²) in [6.45, 7) is 15.3. The standard InChI is InChI=1S/C20H29N3O2S2/c1-7-13(5)9-15-14(6)27-19-17(15)18(25)21-20(22-19)26-11-16(24)23(8-2)10-12(3)4/h13H,3,7-11H2,1-2,4-6H3,(H,21,22,25)/t13-/m1/s1. The van der Waals surface area contributed by atoms with Crippen LogP contribution in [0, 0.1) is 12.8 Å². The van der Waals surface area contributed by atoms with Crippen molar-refractivity contribution in [2.45, 2.75) is 52.6 Å². The van der Waals surface area contributed by atoms with E-state index in [1.165, 1.54) is 11.8 Å². The minimum Gasteiger partial charge on any atom is -0.338 e. The van der Waals surface area contributed by atoms with Gasteiger partial charge in [-0.05, 0) is 38.7 Å². The van der Waals surface area contributed by atoms with E-state index >= 15 is 0 Å². The molecule has 0 saturated carbocycles. The maximum Gasteiger partial charge on any atom is 0.260 e. The molecule has 2 aromatic rings. The summed E-state index contributed by atoms with van der Waals surface area (Å²) in [6.07, 6.45) is 1.97. The van der Waals surface area contributed by atoms with E-state index < -0.39 is 0 Å². The second kappa shape index (κ2) is 9.55. The Hall–Kier alpha value is -1.60. The van der Waals surface area contributed by atoms with Gasteiger partial charge >= 0.3 is 0 Å². The Morgan fingerprint density at radius 2 is 2.11 bits per heavy atom. The van der Waals surface area contributed by atoms with Crippen molar-refractivity contribution in [2.75, 3.05) is 18.8 Å². The summed E-state index contributed by atoms with van der Waals surface area (Å²) in [6, 6.07) is 0. The number of aryl methyl sites for hydroxylation is 1. The summed E-state index contributed by atoms with van der Waals surface area (Å²) < 4.78 is 0. The average Bonchev–Trinajstić information content (AvgIpc) is 2.92. The Morgan fingerprint density at radius 3 is 2.70 bits per heavy atom. The van der Waals surface area contributed by atoms with Crippen molar-refractivity contribution < 1.29 is 4.79 Å². The number of nitrogens with zero attached hydrogens (tertiary/aromatic N) is 2. The van der Waals surface area contributed by atoms with Crippen LogP contribution in [0.4, 0.5) is 0 Å². The number of hydrogen-bond donors (Lipinski definition) is 1. The topological polar surface area (TPSA) is 66.1 Å². The number of fused-ring (bicyclic) bond motifs is 1. The van der Waals surface area contributed by atoms with E-state index in [-0.39, 0.29) is 17.2 Å². The van der Waals surface area contributed by atoms with Crippen LogP contribution in [0.25, 0.3) is 10.2 Å². The Bertz CT molecular complexity index is 885. The van der Waals surface area contributed by atoms with Crippen LogP contribution in [-0.2, 0) is 11.2 Å². The number of likely N-dealkylation sites (N-methyl/N-ethyl adjacent to an activating group) is 1. The van der Waals surface area contributed by atoms with Crippen molar-refractivity contribution in [1.82, 2.24) is 14.9 Å². The number of carbonyl (C=O) groups excluding carboxylic acids is 1. The van der Waals surface area contributed by atoms with Crippen LogP contribution in [-0.4, -0.2) is 39.6 Å². The zero-order valence-corrected chi connectivity index (χ0v) is 18.5. The van der Waals surface area contributed by atoms with Gasteiger partial charge in [0.1, 0.15) is 4.83 Å². The molecule has 0 aliphatic rings. The van der Waals surface area contributed by atoms with Gasteiger partial charge in [-0.25, -0.2) is 4.98 Å². The SMILES string of the molecule is C=C(C)CN(CC)C(=O)CSc1nc2sc(C)c(C[C@H](C)CC)c2c(=O)[nH]1. The molecule has 0 fully saturated rings. The second-order valence-corrected chi connectivity index (χ2v) is 9.23. The fourth-order valence-corrected chi connectivity index (χ4v) is 4.76. The first-order valence-electron chi connectivity index (χ1n) is 9.33. The van der Waals surface area contributed by atoms with Crippen LogP contribution >= 0.6 is 23.1 Å². The van der Waals surface area contributed by atoms with E-state index in [0.29, 0.717) is 29.6 Å². The highest BCUT2D eigenvalue weighted by Gasteiger charge is 2.18. The normalized spacial score (nSPS) is 12.3. The Labute approximate surface area is 169 Å². The lowest BCUT2D eigenvalue weighted by Gasteiger charge is -2.20. The van der Waals surface area contributed by atoms with E-state index in [4.69, 9.17) is 0 Å². The number of aromatic nitrogens is 2. The Kier molecular flexibility index (Phi) is 7.68. The predicted octanol–water partition coefficient (Wildman–Crippen LogP) is 4.40. The molecule has 0 bridgehead atoms. The minimum atomic E-state index is -0.105. The lowest BCUT2D eigenvalue weighted by atomic mass is 9.98. The molecule has 1 amide bonds. The van der Waals surface area contributed by atoms with Gasteiger partial charge in [0, 0.05) is 18.0 Å². The van der Waals surface area contributed by atoms with Gasteiger partial charge in [0.05, 0.1) is 11.1 Å². The first-order chi connectivity index (χ1) is 12.8. The third-order valence-electron chi connectivity index (χ3n) is 4.62. The van der Waals surface area contributed by atoms with Crippen LogP contribution in [0.5, 0.6) is 0 Å². The molecule has 0 spiro atoms. The second-order valence-electron chi connectivity index (χ2n) is 7.06. The van der Waals surface area contributed by atoms with Crippen LogP contribution in [0.2, 0.25) is 0 Å². The number of H-pyrrole nitrogens is 1. The van der Waals surface area contributed by atoms with Crippen molar-refractivity contribution in [1.29, 1.82) is 0 Å². The lowest BCUT2D eigenvalue weighted by Crippen LogP contribution is -2.33. The molecule has 0 aliphatic carbocycles. The number of nitrogens with one attached hydrogen (secondary N) is 1. The van der Waals surface area contributed by atoms with Crippen molar-refractivity contribution in [2.24, 2.45) is 5.92 Å². The van der Waals surface area contributed by atoms with Crippen LogP contribution < -0.4 is 5.56 Å². The highest BCUT2D eigenvalue weighted by Crippen LogP contribution is 2.30. The maximum atomic E-state index is 12.7. The number of carbonyl (C=O) groups is 1. The summed E-state index contributed by atoms with van der Waals surface area (Å²) >= 11 is 2.84. The Balaban J connectivity index is 2.20. The van der Waals surface area contributed by atoms with Crippen LogP contribution in [0.3, 0.4) is 0 Å². The maximum absolute atomic E-state index is 12.7. The summed E-state index contributed by atoms with van der Waals surface area (Å²) in [5, 5.41) is 1.22. The molecular weight excluding hydrogens is 378 g/mol. The third-order valence-corrected chi connectivity index (χ3v) is 6.52. The van der Waals surface area contributed by atoms with Crippen molar-refractivity contribution >= 4 is 39.2 Å². The van der Waals surface area contributed by atoms with E-state index in [1.807, 2.05) is 13.8 Å². The molecule has 0 saturated heterocycles. The molecule has 2 aromatic heterocycles. The summed E-state index contributed by atoms with van der Waals surface area (Å²) in [7, 11) is 0. The molecule has 1 atom stereocenters. The molecule has 2 rings (SSSR count). The number of thiophene rings is 1. The number of amides is 1. The summed E-state index contributed by atoms with van der Waals surface area (Å²) in [4.78, 5) is 36.2. The largest absolute Gasteiger partial charge is 0.338 e. The zero-order chi connectivity index (χ0) is 20.1. The molecule has 27 heavy (non-hydrogen) atoms. The minimum absolute atomic E-state index is 0.0214. The number of hydrogen-bond acceptors (Lipinski definition) is 5.